The van der Waals surface area contributed by atoms with Crippen molar-refractivity contribution in [1.29, 1.82) is 0 Å². The molecule has 0 bridgehead atoms. The quantitative estimate of drug-likeness (QED) is 0.373. The Hall–Kier alpha value is -3.22. The summed E-state index contributed by atoms with van der Waals surface area (Å²) < 4.78 is 11.6. The number of hydrogen-bond acceptors (Lipinski definition) is 4. The van der Waals surface area contributed by atoms with Gasteiger partial charge >= 0.3 is 0 Å². The molecule has 0 aliphatic carbocycles. The third kappa shape index (κ3) is 6.65. The zero-order valence-electron chi connectivity index (χ0n) is 19.3. The molecule has 2 amide bonds. The van der Waals surface area contributed by atoms with Crippen LogP contribution in [0.2, 0.25) is 10.0 Å². The molecule has 2 N–H and O–H groups in total. The molecule has 8 heteroatoms. The third-order valence-electron chi connectivity index (χ3n) is 5.06. The molecule has 0 heterocycles. The van der Waals surface area contributed by atoms with Gasteiger partial charge in [-0.1, -0.05) is 35.3 Å². The molecule has 0 fully saturated rings. The largest absolute Gasteiger partial charge is 0.481 e. The van der Waals surface area contributed by atoms with Crippen molar-refractivity contribution < 1.29 is 19.1 Å². The van der Waals surface area contributed by atoms with Crippen LogP contribution in [0.25, 0.3) is 0 Å². The average molecular weight is 501 g/mol. The Labute approximate surface area is 209 Å². The van der Waals surface area contributed by atoms with Gasteiger partial charge in [0.15, 0.2) is 12.2 Å². The predicted molar refractivity (Wildman–Crippen MR) is 136 cm³/mol. The fourth-order valence-corrected chi connectivity index (χ4v) is 3.60. The number of para-hydroxylation sites is 2. The SMILES string of the molecule is Cc1cc(Cl)ccc1OC(C)C(=O)Nc1ccccc1NC(=O)C(C)Oc1ccc(Cl)cc1C. The number of nitrogens with one attached hydrogen (secondary N) is 2. The van der Waals surface area contributed by atoms with Crippen LogP contribution in [0.4, 0.5) is 11.4 Å². The monoisotopic (exact) mass is 500 g/mol. The maximum Gasteiger partial charge on any atom is 0.265 e. The zero-order valence-corrected chi connectivity index (χ0v) is 20.8. The lowest BCUT2D eigenvalue weighted by atomic mass is 10.2. The Bertz CT molecular complexity index is 1110. The number of rotatable bonds is 8. The lowest BCUT2D eigenvalue weighted by Gasteiger charge is -2.19. The lowest BCUT2D eigenvalue weighted by molar-refractivity contribution is -0.122. The number of amides is 2. The van der Waals surface area contributed by atoms with E-state index in [9.17, 15) is 9.59 Å². The Morgan fingerprint density at radius 3 is 1.44 bits per heavy atom. The second-order valence-electron chi connectivity index (χ2n) is 7.86. The Morgan fingerprint density at radius 1 is 0.706 bits per heavy atom. The highest BCUT2D eigenvalue weighted by Gasteiger charge is 2.20. The van der Waals surface area contributed by atoms with Gasteiger partial charge in [0.1, 0.15) is 11.5 Å². The van der Waals surface area contributed by atoms with E-state index in [1.165, 1.54) is 0 Å². The molecule has 2 unspecified atom stereocenters. The van der Waals surface area contributed by atoms with Crippen LogP contribution in [-0.2, 0) is 9.59 Å². The highest BCUT2D eigenvalue weighted by Crippen LogP contribution is 2.26. The van der Waals surface area contributed by atoms with Gasteiger partial charge in [-0.25, -0.2) is 0 Å². The van der Waals surface area contributed by atoms with E-state index >= 15 is 0 Å². The predicted octanol–water partition coefficient (Wildman–Crippen LogP) is 6.42. The Morgan fingerprint density at radius 2 is 1.09 bits per heavy atom. The Balaban J connectivity index is 1.65. The number of ether oxygens (including phenoxy) is 2. The number of benzene rings is 3. The second-order valence-corrected chi connectivity index (χ2v) is 8.74. The minimum Gasteiger partial charge on any atom is -0.481 e. The molecule has 2 atom stereocenters. The number of hydrogen-bond donors (Lipinski definition) is 2. The van der Waals surface area contributed by atoms with E-state index in [2.05, 4.69) is 10.6 Å². The van der Waals surface area contributed by atoms with Crippen LogP contribution in [0, 0.1) is 13.8 Å². The van der Waals surface area contributed by atoms with Gasteiger partial charge in [-0.3, -0.25) is 9.59 Å². The van der Waals surface area contributed by atoms with Crippen LogP contribution < -0.4 is 20.1 Å². The summed E-state index contributed by atoms with van der Waals surface area (Å²) in [5, 5.41) is 6.81. The summed E-state index contributed by atoms with van der Waals surface area (Å²) in [5.74, 6) is 0.406. The first-order valence-corrected chi connectivity index (χ1v) is 11.5. The minimum atomic E-state index is -0.779. The number of anilines is 2. The van der Waals surface area contributed by atoms with E-state index in [0.29, 0.717) is 32.9 Å². The second kappa shape index (κ2) is 11.3. The molecule has 3 aromatic rings. The molecule has 3 rings (SSSR count). The molecule has 0 radical (unpaired) electrons. The van der Waals surface area contributed by atoms with Crippen LogP contribution in [0.1, 0.15) is 25.0 Å². The maximum atomic E-state index is 12.8. The fourth-order valence-electron chi connectivity index (χ4n) is 3.15. The van der Waals surface area contributed by atoms with Gasteiger partial charge < -0.3 is 20.1 Å². The van der Waals surface area contributed by atoms with Crippen molar-refractivity contribution in [3.8, 4) is 11.5 Å². The molecule has 34 heavy (non-hydrogen) atoms. The molecule has 0 aromatic heterocycles. The molecular weight excluding hydrogens is 475 g/mol. The van der Waals surface area contributed by atoms with Crippen molar-refractivity contribution >= 4 is 46.4 Å². The van der Waals surface area contributed by atoms with Crippen molar-refractivity contribution in [3.05, 3.63) is 81.8 Å². The summed E-state index contributed by atoms with van der Waals surface area (Å²) in [7, 11) is 0. The first kappa shape index (κ1) is 25.4. The van der Waals surface area contributed by atoms with Crippen LogP contribution in [0.15, 0.2) is 60.7 Å². The van der Waals surface area contributed by atoms with E-state index in [1.807, 2.05) is 13.8 Å². The van der Waals surface area contributed by atoms with E-state index in [1.54, 1.807) is 74.5 Å². The molecule has 178 valence electrons. The standard InChI is InChI=1S/C26H26Cl2N2O4/c1-15-13-19(27)9-11-23(15)33-17(3)25(31)29-21-7-5-6-8-22(21)30-26(32)18(4)34-24-12-10-20(28)14-16(24)2/h5-14,17-18H,1-4H3,(H,29,31)(H,30,32). The topological polar surface area (TPSA) is 76.7 Å². The van der Waals surface area contributed by atoms with Gasteiger partial charge in [0.05, 0.1) is 11.4 Å². The van der Waals surface area contributed by atoms with Crippen molar-refractivity contribution in [3.63, 3.8) is 0 Å². The van der Waals surface area contributed by atoms with Crippen molar-refractivity contribution in [2.75, 3.05) is 10.6 Å². The van der Waals surface area contributed by atoms with Crippen LogP contribution in [0.5, 0.6) is 11.5 Å². The summed E-state index contributed by atoms with van der Waals surface area (Å²) in [6.45, 7) is 7.00. The number of aryl methyl sites for hydroxylation is 2. The van der Waals surface area contributed by atoms with E-state index in [0.717, 1.165) is 11.1 Å². The first-order chi connectivity index (χ1) is 16.1. The number of carbonyl (C=O) groups is 2. The van der Waals surface area contributed by atoms with Gasteiger partial charge in [-0.2, -0.15) is 0 Å². The summed E-state index contributed by atoms with van der Waals surface area (Å²) in [6, 6.07) is 17.3. The number of carbonyl (C=O) groups excluding carboxylic acids is 2. The van der Waals surface area contributed by atoms with Gasteiger partial charge in [0.2, 0.25) is 0 Å². The average Bonchev–Trinajstić information content (AvgIpc) is 2.78. The summed E-state index contributed by atoms with van der Waals surface area (Å²) >= 11 is 12.0. The van der Waals surface area contributed by atoms with Crippen LogP contribution in [0.3, 0.4) is 0 Å². The summed E-state index contributed by atoms with van der Waals surface area (Å²) in [4.78, 5) is 25.5. The smallest absolute Gasteiger partial charge is 0.265 e. The van der Waals surface area contributed by atoms with Crippen molar-refractivity contribution in [1.82, 2.24) is 0 Å². The Kier molecular flexibility index (Phi) is 8.42. The summed E-state index contributed by atoms with van der Waals surface area (Å²) in [6.07, 6.45) is -1.56. The summed E-state index contributed by atoms with van der Waals surface area (Å²) in [5.41, 5.74) is 2.53. The van der Waals surface area contributed by atoms with Crippen LogP contribution in [-0.4, -0.2) is 24.0 Å². The maximum absolute atomic E-state index is 12.8. The molecule has 0 saturated carbocycles. The van der Waals surface area contributed by atoms with Gasteiger partial charge in [0.25, 0.3) is 11.8 Å². The number of halogens is 2. The molecule has 0 aliphatic heterocycles. The molecule has 6 nitrogen and oxygen atoms in total. The molecule has 0 spiro atoms. The van der Waals surface area contributed by atoms with Gasteiger partial charge in [-0.05, 0) is 87.4 Å². The van der Waals surface area contributed by atoms with Crippen molar-refractivity contribution in [2.24, 2.45) is 0 Å². The molecule has 0 aliphatic rings. The lowest BCUT2D eigenvalue weighted by Crippen LogP contribution is -2.32. The van der Waals surface area contributed by atoms with Crippen molar-refractivity contribution in [2.45, 2.75) is 39.9 Å². The normalized spacial score (nSPS) is 12.4. The third-order valence-corrected chi connectivity index (χ3v) is 5.53. The fraction of sp³-hybridized carbons (Fsp3) is 0.231. The van der Waals surface area contributed by atoms with E-state index in [4.69, 9.17) is 32.7 Å². The highest BCUT2D eigenvalue weighted by molar-refractivity contribution is 6.31. The molecule has 3 aromatic carbocycles. The molecule has 0 saturated heterocycles. The minimum absolute atomic E-state index is 0.364. The van der Waals surface area contributed by atoms with E-state index in [-0.39, 0.29) is 11.8 Å². The first-order valence-electron chi connectivity index (χ1n) is 10.7. The zero-order chi connectivity index (χ0) is 24.8. The van der Waals surface area contributed by atoms with Gasteiger partial charge in [-0.15, -0.1) is 0 Å². The molecular formula is C26H26Cl2N2O4. The van der Waals surface area contributed by atoms with Crippen LogP contribution >= 0.6 is 23.2 Å². The van der Waals surface area contributed by atoms with Gasteiger partial charge in [0, 0.05) is 10.0 Å². The van der Waals surface area contributed by atoms with E-state index < -0.39 is 12.2 Å². The highest BCUT2D eigenvalue weighted by atomic mass is 35.5.